The lowest BCUT2D eigenvalue weighted by Gasteiger charge is -1.98. The van der Waals surface area contributed by atoms with Crippen LogP contribution in [-0.2, 0) is 0 Å². The molecule has 1 aromatic heterocycles. The second kappa shape index (κ2) is 4.77. The molecule has 2 rings (SSSR count). The first-order chi connectivity index (χ1) is 7.75. The highest BCUT2D eigenvalue weighted by atomic mass is 16.3. The fraction of sp³-hybridized carbons (Fsp3) is 0.154. The van der Waals surface area contributed by atoms with E-state index in [0.29, 0.717) is 0 Å². The minimum Gasteiger partial charge on any atom is -0.389 e. The molecule has 0 amide bonds. The van der Waals surface area contributed by atoms with E-state index in [-0.39, 0.29) is 0 Å². The molecule has 0 fully saturated rings. The summed E-state index contributed by atoms with van der Waals surface area (Å²) in [5.41, 5.74) is 2.00. The van der Waals surface area contributed by atoms with Gasteiger partial charge in [0.1, 0.15) is 0 Å². The Hall–Kier alpha value is -1.87. The van der Waals surface area contributed by atoms with E-state index in [4.69, 9.17) is 5.11 Å². The van der Waals surface area contributed by atoms with Gasteiger partial charge in [0, 0.05) is 11.8 Å². The van der Waals surface area contributed by atoms with Gasteiger partial charge >= 0.3 is 0 Å². The number of benzene rings is 1. The van der Waals surface area contributed by atoms with Crippen LogP contribution >= 0.6 is 0 Å². The van der Waals surface area contributed by atoms with Crippen molar-refractivity contribution in [2.45, 2.75) is 13.0 Å². The molecule has 0 bridgehead atoms. The van der Waals surface area contributed by atoms with Gasteiger partial charge in [-0.3, -0.25) is 0 Å². The smallest absolute Gasteiger partial charge is 0.0696 e. The predicted octanol–water partition coefficient (Wildman–Crippen LogP) is 2.27. The van der Waals surface area contributed by atoms with Crippen molar-refractivity contribution >= 4 is 6.08 Å². The van der Waals surface area contributed by atoms with Crippen LogP contribution in [0.1, 0.15) is 12.5 Å². The first-order valence-corrected chi connectivity index (χ1v) is 5.22. The zero-order chi connectivity index (χ0) is 11.4. The third-order valence-corrected chi connectivity index (χ3v) is 2.19. The van der Waals surface area contributed by atoms with Crippen LogP contribution in [0.15, 0.2) is 48.8 Å². The van der Waals surface area contributed by atoms with Gasteiger partial charge in [-0.25, -0.2) is 4.68 Å². The minimum absolute atomic E-state index is 0.430. The van der Waals surface area contributed by atoms with Crippen molar-refractivity contribution in [2.24, 2.45) is 0 Å². The van der Waals surface area contributed by atoms with Crippen molar-refractivity contribution in [1.82, 2.24) is 9.78 Å². The Labute approximate surface area is 94.7 Å². The summed E-state index contributed by atoms with van der Waals surface area (Å²) in [6.45, 7) is 1.72. The topological polar surface area (TPSA) is 38.1 Å². The molecule has 0 saturated heterocycles. The average Bonchev–Trinajstić information content (AvgIpc) is 2.76. The van der Waals surface area contributed by atoms with Crippen molar-refractivity contribution < 1.29 is 5.11 Å². The van der Waals surface area contributed by atoms with E-state index in [1.54, 1.807) is 19.2 Å². The summed E-state index contributed by atoms with van der Waals surface area (Å²) < 4.78 is 1.81. The fourth-order valence-electron chi connectivity index (χ4n) is 1.40. The van der Waals surface area contributed by atoms with E-state index < -0.39 is 6.10 Å². The summed E-state index contributed by atoms with van der Waals surface area (Å²) in [7, 11) is 0. The molecule has 3 heteroatoms. The monoisotopic (exact) mass is 214 g/mol. The van der Waals surface area contributed by atoms with Crippen molar-refractivity contribution in [1.29, 1.82) is 0 Å². The van der Waals surface area contributed by atoms with Gasteiger partial charge in [-0.05, 0) is 19.1 Å². The molecule has 0 aliphatic rings. The van der Waals surface area contributed by atoms with Crippen LogP contribution < -0.4 is 0 Å². The van der Waals surface area contributed by atoms with Crippen molar-refractivity contribution in [3.05, 3.63) is 54.4 Å². The molecule has 1 unspecified atom stereocenters. The lowest BCUT2D eigenvalue weighted by atomic mass is 10.3. The molecule has 16 heavy (non-hydrogen) atoms. The van der Waals surface area contributed by atoms with E-state index in [0.717, 1.165) is 11.3 Å². The lowest BCUT2D eigenvalue weighted by Crippen LogP contribution is -1.92. The van der Waals surface area contributed by atoms with Gasteiger partial charge in [0.05, 0.1) is 18.0 Å². The maximum atomic E-state index is 9.12. The fourth-order valence-corrected chi connectivity index (χ4v) is 1.40. The molecule has 1 aromatic carbocycles. The SMILES string of the molecule is CC(O)/C=C/c1cnn(-c2ccccc2)c1. The molecule has 2 aromatic rings. The van der Waals surface area contributed by atoms with Crippen LogP contribution in [0.5, 0.6) is 0 Å². The Bertz CT molecular complexity index is 472. The third kappa shape index (κ3) is 2.58. The van der Waals surface area contributed by atoms with Crippen LogP contribution in [-0.4, -0.2) is 21.0 Å². The van der Waals surface area contributed by atoms with Gasteiger partial charge in [-0.15, -0.1) is 0 Å². The molecule has 1 heterocycles. The van der Waals surface area contributed by atoms with Gasteiger partial charge in [0.15, 0.2) is 0 Å². The highest BCUT2D eigenvalue weighted by molar-refractivity contribution is 5.48. The van der Waals surface area contributed by atoms with Gasteiger partial charge in [-0.2, -0.15) is 5.10 Å². The molecule has 0 aliphatic heterocycles. The van der Waals surface area contributed by atoms with Gasteiger partial charge in [0.2, 0.25) is 0 Å². The molecule has 0 radical (unpaired) electrons. The maximum Gasteiger partial charge on any atom is 0.0696 e. The number of aliphatic hydroxyl groups is 1. The average molecular weight is 214 g/mol. The Morgan fingerprint density at radius 2 is 2.06 bits per heavy atom. The molecular formula is C13H14N2O. The van der Waals surface area contributed by atoms with Crippen molar-refractivity contribution in [3.8, 4) is 5.69 Å². The Balaban J connectivity index is 2.20. The highest BCUT2D eigenvalue weighted by Crippen LogP contribution is 2.08. The van der Waals surface area contributed by atoms with E-state index >= 15 is 0 Å². The second-order valence-electron chi connectivity index (χ2n) is 3.65. The molecule has 0 saturated carbocycles. The Morgan fingerprint density at radius 3 is 2.75 bits per heavy atom. The summed E-state index contributed by atoms with van der Waals surface area (Å²) in [5.74, 6) is 0. The number of para-hydroxylation sites is 1. The highest BCUT2D eigenvalue weighted by Gasteiger charge is 1.97. The predicted molar refractivity (Wildman–Crippen MR) is 64.3 cm³/mol. The minimum atomic E-state index is -0.430. The molecule has 1 atom stereocenters. The number of aromatic nitrogens is 2. The molecule has 0 spiro atoms. The second-order valence-corrected chi connectivity index (χ2v) is 3.65. The van der Waals surface area contributed by atoms with Crippen LogP contribution in [0.4, 0.5) is 0 Å². The van der Waals surface area contributed by atoms with Gasteiger partial charge in [-0.1, -0.05) is 30.4 Å². The maximum absolute atomic E-state index is 9.12. The summed E-state index contributed by atoms with van der Waals surface area (Å²) in [6.07, 6.45) is 6.85. The number of aliphatic hydroxyl groups excluding tert-OH is 1. The molecular weight excluding hydrogens is 200 g/mol. The van der Waals surface area contributed by atoms with Crippen LogP contribution in [0.2, 0.25) is 0 Å². The number of hydrogen-bond donors (Lipinski definition) is 1. The van der Waals surface area contributed by atoms with Crippen LogP contribution in [0.3, 0.4) is 0 Å². The standard InChI is InChI=1S/C13H14N2O/c1-11(16)7-8-12-9-14-15(10-12)13-5-3-2-4-6-13/h2-11,16H,1H3/b8-7+. The Kier molecular flexibility index (Phi) is 3.17. The largest absolute Gasteiger partial charge is 0.389 e. The zero-order valence-corrected chi connectivity index (χ0v) is 9.12. The zero-order valence-electron chi connectivity index (χ0n) is 9.12. The molecule has 0 aliphatic carbocycles. The number of nitrogens with zero attached hydrogens (tertiary/aromatic N) is 2. The molecule has 3 nitrogen and oxygen atoms in total. The van der Waals surface area contributed by atoms with E-state index in [1.807, 2.05) is 47.3 Å². The quantitative estimate of drug-likeness (QED) is 0.851. The van der Waals surface area contributed by atoms with Crippen LogP contribution in [0.25, 0.3) is 11.8 Å². The van der Waals surface area contributed by atoms with Crippen molar-refractivity contribution in [3.63, 3.8) is 0 Å². The first kappa shape index (κ1) is 10.6. The number of rotatable bonds is 3. The van der Waals surface area contributed by atoms with E-state index in [2.05, 4.69) is 5.10 Å². The summed E-state index contributed by atoms with van der Waals surface area (Å²) >= 11 is 0. The summed E-state index contributed by atoms with van der Waals surface area (Å²) in [5, 5.41) is 13.4. The molecule has 82 valence electrons. The number of hydrogen-bond acceptors (Lipinski definition) is 2. The van der Waals surface area contributed by atoms with Crippen molar-refractivity contribution in [2.75, 3.05) is 0 Å². The third-order valence-electron chi connectivity index (χ3n) is 2.19. The van der Waals surface area contributed by atoms with Crippen LogP contribution in [0, 0.1) is 0 Å². The Morgan fingerprint density at radius 1 is 1.31 bits per heavy atom. The van der Waals surface area contributed by atoms with E-state index in [9.17, 15) is 0 Å². The summed E-state index contributed by atoms with van der Waals surface area (Å²) in [6, 6.07) is 9.91. The molecule has 1 N–H and O–H groups in total. The van der Waals surface area contributed by atoms with E-state index in [1.165, 1.54) is 0 Å². The first-order valence-electron chi connectivity index (χ1n) is 5.22. The van der Waals surface area contributed by atoms with Gasteiger partial charge in [0.25, 0.3) is 0 Å². The van der Waals surface area contributed by atoms with Gasteiger partial charge < -0.3 is 5.11 Å². The lowest BCUT2D eigenvalue weighted by molar-refractivity contribution is 0.245. The summed E-state index contributed by atoms with van der Waals surface area (Å²) in [4.78, 5) is 0. The normalized spacial score (nSPS) is 13.1.